The lowest BCUT2D eigenvalue weighted by Crippen LogP contribution is -1.89. The molecule has 0 spiro atoms. The zero-order valence-corrected chi connectivity index (χ0v) is 12.6. The molecule has 1 heteroatoms. The summed E-state index contributed by atoms with van der Waals surface area (Å²) in [6.07, 6.45) is 23.2. The van der Waals surface area contributed by atoms with Gasteiger partial charge in [-0.05, 0) is 18.8 Å². The van der Waals surface area contributed by atoms with Crippen LogP contribution in [0, 0.1) is 5.92 Å². The van der Waals surface area contributed by atoms with Crippen molar-refractivity contribution >= 4 is 15.9 Å². The summed E-state index contributed by atoms with van der Waals surface area (Å²) < 4.78 is 0. The first-order valence-corrected chi connectivity index (χ1v) is 8.46. The van der Waals surface area contributed by atoms with Crippen LogP contribution in [0.1, 0.15) is 64.2 Å². The first-order valence-electron chi connectivity index (χ1n) is 7.34. The van der Waals surface area contributed by atoms with Crippen LogP contribution in [0.2, 0.25) is 0 Å². The minimum absolute atomic E-state index is 0.749. The Morgan fingerprint density at radius 1 is 0.647 bits per heavy atom. The minimum Gasteiger partial charge on any atom is -0.0928 e. The first-order chi connectivity index (χ1) is 8.43. The van der Waals surface area contributed by atoms with Gasteiger partial charge in [0.1, 0.15) is 0 Å². The topological polar surface area (TPSA) is 0 Å². The molecule has 0 saturated heterocycles. The lowest BCUT2D eigenvalue weighted by atomic mass is 10.0. The number of hydrogen-bond donors (Lipinski definition) is 0. The van der Waals surface area contributed by atoms with Crippen molar-refractivity contribution in [3.05, 3.63) is 24.3 Å². The van der Waals surface area contributed by atoms with Crippen molar-refractivity contribution in [3.8, 4) is 0 Å². The fourth-order valence-electron chi connectivity index (χ4n) is 2.38. The van der Waals surface area contributed by atoms with Crippen LogP contribution in [0.4, 0.5) is 0 Å². The Morgan fingerprint density at radius 3 is 1.65 bits per heavy atom. The second kappa shape index (κ2) is 11.1. The Labute approximate surface area is 116 Å². The molecule has 1 aliphatic rings. The van der Waals surface area contributed by atoms with Gasteiger partial charge in [0.2, 0.25) is 0 Å². The van der Waals surface area contributed by atoms with Crippen LogP contribution in [0.3, 0.4) is 0 Å². The third kappa shape index (κ3) is 8.65. The van der Waals surface area contributed by atoms with Gasteiger partial charge in [0.05, 0.1) is 0 Å². The SMILES string of the molecule is BrCCCCCCCCCCCC1C=CC=C1. The molecule has 0 nitrogen and oxygen atoms in total. The Morgan fingerprint density at radius 2 is 1.12 bits per heavy atom. The van der Waals surface area contributed by atoms with E-state index in [1.807, 2.05) is 0 Å². The van der Waals surface area contributed by atoms with Gasteiger partial charge < -0.3 is 0 Å². The van der Waals surface area contributed by atoms with Gasteiger partial charge in [0.25, 0.3) is 0 Å². The maximum Gasteiger partial charge on any atom is 0.00313 e. The van der Waals surface area contributed by atoms with Crippen molar-refractivity contribution in [2.75, 3.05) is 5.33 Å². The van der Waals surface area contributed by atoms with Crippen molar-refractivity contribution in [1.82, 2.24) is 0 Å². The molecule has 0 unspecified atom stereocenters. The highest BCUT2D eigenvalue weighted by Gasteiger charge is 2.02. The monoisotopic (exact) mass is 298 g/mol. The molecule has 0 heterocycles. The quantitative estimate of drug-likeness (QED) is 0.323. The lowest BCUT2D eigenvalue weighted by molar-refractivity contribution is 0.544. The highest BCUT2D eigenvalue weighted by molar-refractivity contribution is 9.09. The molecule has 0 aliphatic heterocycles. The van der Waals surface area contributed by atoms with Gasteiger partial charge >= 0.3 is 0 Å². The number of hydrogen-bond acceptors (Lipinski definition) is 0. The Bertz CT molecular complexity index is 206. The zero-order valence-electron chi connectivity index (χ0n) is 11.0. The van der Waals surface area contributed by atoms with Gasteiger partial charge in [0, 0.05) is 5.33 Å². The summed E-state index contributed by atoms with van der Waals surface area (Å²) in [5.41, 5.74) is 0. The second-order valence-corrected chi connectivity index (χ2v) is 5.89. The van der Waals surface area contributed by atoms with E-state index in [-0.39, 0.29) is 0 Å². The van der Waals surface area contributed by atoms with E-state index in [2.05, 4.69) is 40.2 Å². The van der Waals surface area contributed by atoms with Crippen molar-refractivity contribution in [2.24, 2.45) is 5.92 Å². The van der Waals surface area contributed by atoms with Gasteiger partial charge in [0.15, 0.2) is 0 Å². The van der Waals surface area contributed by atoms with E-state index in [1.165, 1.54) is 69.5 Å². The van der Waals surface area contributed by atoms with Crippen LogP contribution in [-0.4, -0.2) is 5.33 Å². The van der Waals surface area contributed by atoms with E-state index in [4.69, 9.17) is 0 Å². The molecule has 98 valence electrons. The third-order valence-electron chi connectivity index (χ3n) is 3.50. The molecule has 0 aromatic heterocycles. The molecule has 1 aliphatic carbocycles. The maximum atomic E-state index is 3.48. The van der Waals surface area contributed by atoms with Crippen LogP contribution < -0.4 is 0 Å². The summed E-state index contributed by atoms with van der Waals surface area (Å²) in [7, 11) is 0. The van der Waals surface area contributed by atoms with Crippen LogP contribution in [0.15, 0.2) is 24.3 Å². The molecule has 0 aromatic carbocycles. The number of alkyl halides is 1. The second-order valence-electron chi connectivity index (χ2n) is 5.09. The van der Waals surface area contributed by atoms with E-state index < -0.39 is 0 Å². The summed E-state index contributed by atoms with van der Waals surface area (Å²) >= 11 is 3.48. The van der Waals surface area contributed by atoms with Crippen LogP contribution in [0.25, 0.3) is 0 Å². The van der Waals surface area contributed by atoms with E-state index in [0.29, 0.717) is 0 Å². The average molecular weight is 299 g/mol. The maximum absolute atomic E-state index is 3.48. The molecule has 0 bridgehead atoms. The molecule has 17 heavy (non-hydrogen) atoms. The highest BCUT2D eigenvalue weighted by Crippen LogP contribution is 2.18. The van der Waals surface area contributed by atoms with Crippen LogP contribution >= 0.6 is 15.9 Å². The summed E-state index contributed by atoms with van der Waals surface area (Å²) in [6.45, 7) is 0. The van der Waals surface area contributed by atoms with Gasteiger partial charge in [-0.25, -0.2) is 0 Å². The smallest absolute Gasteiger partial charge is 0.00313 e. The van der Waals surface area contributed by atoms with Gasteiger partial charge in [-0.2, -0.15) is 0 Å². The predicted molar refractivity (Wildman–Crippen MR) is 81.7 cm³/mol. The normalized spacial score (nSPS) is 14.9. The largest absolute Gasteiger partial charge is 0.0928 e. The minimum atomic E-state index is 0.749. The average Bonchev–Trinajstić information content (AvgIpc) is 2.85. The van der Waals surface area contributed by atoms with Crippen molar-refractivity contribution in [3.63, 3.8) is 0 Å². The predicted octanol–water partition coefficient (Wildman–Crippen LogP) is 6.02. The fraction of sp³-hybridized carbons (Fsp3) is 0.750. The van der Waals surface area contributed by atoms with E-state index >= 15 is 0 Å². The van der Waals surface area contributed by atoms with Crippen molar-refractivity contribution in [2.45, 2.75) is 64.2 Å². The van der Waals surface area contributed by atoms with Crippen molar-refractivity contribution in [1.29, 1.82) is 0 Å². The fourth-order valence-corrected chi connectivity index (χ4v) is 2.78. The van der Waals surface area contributed by atoms with Crippen molar-refractivity contribution < 1.29 is 0 Å². The molecule has 0 amide bonds. The summed E-state index contributed by atoms with van der Waals surface area (Å²) in [5.74, 6) is 0.749. The molecule has 0 N–H and O–H groups in total. The molecule has 0 atom stereocenters. The third-order valence-corrected chi connectivity index (χ3v) is 4.06. The molecule has 0 radical (unpaired) electrons. The molecular weight excluding hydrogens is 272 g/mol. The number of allylic oxidation sites excluding steroid dienone is 4. The van der Waals surface area contributed by atoms with E-state index in [1.54, 1.807) is 0 Å². The van der Waals surface area contributed by atoms with Gasteiger partial charge in [-0.3, -0.25) is 0 Å². The lowest BCUT2D eigenvalue weighted by Gasteiger charge is -2.05. The summed E-state index contributed by atoms with van der Waals surface area (Å²) in [6, 6.07) is 0. The zero-order chi connectivity index (χ0) is 12.2. The standard InChI is InChI=1S/C16H27Br/c17-15-11-7-5-3-1-2-4-6-8-12-16-13-9-10-14-16/h9-10,13-14,16H,1-8,11-12,15H2. The van der Waals surface area contributed by atoms with E-state index in [9.17, 15) is 0 Å². The number of halogens is 1. The van der Waals surface area contributed by atoms with Crippen LogP contribution in [0.5, 0.6) is 0 Å². The van der Waals surface area contributed by atoms with Gasteiger partial charge in [-0.15, -0.1) is 0 Å². The molecule has 0 fully saturated rings. The number of rotatable bonds is 11. The molecule has 1 rings (SSSR count). The van der Waals surface area contributed by atoms with Crippen LogP contribution in [-0.2, 0) is 0 Å². The highest BCUT2D eigenvalue weighted by atomic mass is 79.9. The summed E-state index contributed by atoms with van der Waals surface area (Å²) in [5, 5.41) is 1.18. The Kier molecular flexibility index (Phi) is 9.78. The van der Waals surface area contributed by atoms with E-state index in [0.717, 1.165) is 5.92 Å². The Hall–Kier alpha value is -0.0400. The number of unbranched alkanes of at least 4 members (excludes halogenated alkanes) is 8. The van der Waals surface area contributed by atoms with Gasteiger partial charge in [-0.1, -0.05) is 91.6 Å². The Balaban J connectivity index is 1.72. The summed E-state index contributed by atoms with van der Waals surface area (Å²) in [4.78, 5) is 0. The molecule has 0 aromatic rings. The molecule has 0 saturated carbocycles. The molecular formula is C16H27Br. The first kappa shape index (κ1) is 15.0.